The average Bonchev–Trinajstić information content (AvgIpc) is 3.26. The molecule has 0 aliphatic carbocycles. The average molecular weight is 392 g/mol. The summed E-state index contributed by atoms with van der Waals surface area (Å²) in [5, 5.41) is 11.8. The van der Waals surface area contributed by atoms with E-state index in [1.807, 2.05) is 30.3 Å². The summed E-state index contributed by atoms with van der Waals surface area (Å²) in [6, 6.07) is 16.6. The summed E-state index contributed by atoms with van der Waals surface area (Å²) < 4.78 is 0. The van der Waals surface area contributed by atoms with Crippen LogP contribution in [0.15, 0.2) is 54.6 Å². The molecule has 0 fully saturated rings. The fraction of sp³-hybridized carbons (Fsp3) is 0.150. The van der Waals surface area contributed by atoms with Gasteiger partial charge in [-0.25, -0.2) is 0 Å². The monoisotopic (exact) mass is 392 g/mol. The molecule has 3 aromatic rings. The molecule has 1 N–H and O–H groups in total. The highest BCUT2D eigenvalue weighted by Crippen LogP contribution is 2.22. The van der Waals surface area contributed by atoms with E-state index in [0.29, 0.717) is 16.3 Å². The largest absolute Gasteiger partial charge is 0.299 e. The Morgan fingerprint density at radius 2 is 1.54 bits per heavy atom. The molecule has 8 heteroatoms. The predicted molar refractivity (Wildman–Crippen MR) is 104 cm³/mol. The number of carbonyl (C=O) groups is 3. The first kappa shape index (κ1) is 18.0. The number of aromatic nitrogens is 2. The maximum absolute atomic E-state index is 12.3. The summed E-state index contributed by atoms with van der Waals surface area (Å²) in [5.74, 6) is -1.41. The maximum atomic E-state index is 12.3. The summed E-state index contributed by atoms with van der Waals surface area (Å²) >= 11 is 1.28. The third kappa shape index (κ3) is 3.67. The van der Waals surface area contributed by atoms with E-state index >= 15 is 0 Å². The normalized spacial score (nSPS) is 12.9. The Kier molecular flexibility index (Phi) is 4.94. The third-order valence-electron chi connectivity index (χ3n) is 4.36. The van der Waals surface area contributed by atoms with Gasteiger partial charge in [0.1, 0.15) is 11.6 Å². The van der Waals surface area contributed by atoms with E-state index < -0.39 is 17.7 Å². The number of aryl methyl sites for hydroxylation is 2. The van der Waals surface area contributed by atoms with Crippen LogP contribution in [0.25, 0.3) is 0 Å². The molecule has 1 aliphatic heterocycles. The molecule has 0 saturated heterocycles. The fourth-order valence-corrected chi connectivity index (χ4v) is 3.74. The van der Waals surface area contributed by atoms with Crippen LogP contribution in [0.4, 0.5) is 5.13 Å². The lowest BCUT2D eigenvalue weighted by molar-refractivity contribution is -0.116. The molecule has 2 aromatic carbocycles. The van der Waals surface area contributed by atoms with Crippen molar-refractivity contribution < 1.29 is 14.4 Å². The van der Waals surface area contributed by atoms with Gasteiger partial charge in [-0.15, -0.1) is 10.2 Å². The number of benzene rings is 2. The number of rotatable bonds is 6. The van der Waals surface area contributed by atoms with Gasteiger partial charge in [-0.05, 0) is 24.1 Å². The van der Waals surface area contributed by atoms with Crippen molar-refractivity contribution in [2.45, 2.75) is 12.8 Å². The van der Waals surface area contributed by atoms with Crippen LogP contribution in [-0.2, 0) is 17.6 Å². The van der Waals surface area contributed by atoms with Crippen molar-refractivity contribution in [1.82, 2.24) is 15.1 Å². The quantitative estimate of drug-likeness (QED) is 0.651. The minimum absolute atomic E-state index is 0.319. The van der Waals surface area contributed by atoms with Gasteiger partial charge in [-0.2, -0.15) is 0 Å². The number of amides is 3. The van der Waals surface area contributed by atoms with Crippen LogP contribution in [0.3, 0.4) is 0 Å². The first-order chi connectivity index (χ1) is 13.6. The molecule has 0 spiro atoms. The van der Waals surface area contributed by atoms with Gasteiger partial charge in [-0.1, -0.05) is 53.8 Å². The van der Waals surface area contributed by atoms with Crippen LogP contribution in [0.1, 0.15) is 31.3 Å². The van der Waals surface area contributed by atoms with Crippen LogP contribution in [0.2, 0.25) is 0 Å². The predicted octanol–water partition coefficient (Wildman–Crippen LogP) is 2.56. The zero-order chi connectivity index (χ0) is 19.5. The lowest BCUT2D eigenvalue weighted by atomic mass is 10.1. The Balaban J connectivity index is 1.34. The Morgan fingerprint density at radius 1 is 0.893 bits per heavy atom. The van der Waals surface area contributed by atoms with Gasteiger partial charge in [0.05, 0.1) is 11.1 Å². The SMILES string of the molecule is O=C(CN1C(=O)c2ccccc2C1=O)Nc1nnc(CCc2ccccc2)s1. The number of imide groups is 1. The molecule has 2 heterocycles. The van der Waals surface area contributed by atoms with Crippen molar-refractivity contribution in [2.75, 3.05) is 11.9 Å². The first-order valence-electron chi connectivity index (χ1n) is 8.73. The second kappa shape index (κ2) is 7.69. The lowest BCUT2D eigenvalue weighted by Crippen LogP contribution is -2.37. The Labute approximate surface area is 165 Å². The number of anilines is 1. The van der Waals surface area contributed by atoms with Crippen LogP contribution in [0, 0.1) is 0 Å². The zero-order valence-corrected chi connectivity index (χ0v) is 15.6. The van der Waals surface area contributed by atoms with E-state index in [0.717, 1.165) is 22.7 Å². The van der Waals surface area contributed by atoms with E-state index in [2.05, 4.69) is 15.5 Å². The van der Waals surface area contributed by atoms with Crippen molar-refractivity contribution in [3.05, 3.63) is 76.3 Å². The van der Waals surface area contributed by atoms with Crippen LogP contribution >= 0.6 is 11.3 Å². The molecule has 0 atom stereocenters. The van der Waals surface area contributed by atoms with E-state index in [-0.39, 0.29) is 6.54 Å². The smallest absolute Gasteiger partial charge is 0.262 e. The van der Waals surface area contributed by atoms with Gasteiger partial charge in [0.15, 0.2) is 0 Å². The molecule has 1 aromatic heterocycles. The molecule has 1 aliphatic rings. The van der Waals surface area contributed by atoms with Crippen molar-refractivity contribution in [2.24, 2.45) is 0 Å². The molecular weight excluding hydrogens is 376 g/mol. The maximum Gasteiger partial charge on any atom is 0.262 e. The zero-order valence-electron chi connectivity index (χ0n) is 14.8. The number of hydrogen-bond donors (Lipinski definition) is 1. The van der Waals surface area contributed by atoms with E-state index in [4.69, 9.17) is 0 Å². The molecule has 7 nitrogen and oxygen atoms in total. The summed E-state index contributed by atoms with van der Waals surface area (Å²) in [6.07, 6.45) is 1.55. The fourth-order valence-electron chi connectivity index (χ4n) is 2.99. The first-order valence-corrected chi connectivity index (χ1v) is 9.55. The summed E-state index contributed by atoms with van der Waals surface area (Å²) in [4.78, 5) is 37.9. The second-order valence-corrected chi connectivity index (χ2v) is 7.34. The van der Waals surface area contributed by atoms with Gasteiger partial charge in [-0.3, -0.25) is 24.6 Å². The molecule has 0 saturated carbocycles. The molecule has 0 unspecified atom stereocenters. The minimum Gasteiger partial charge on any atom is -0.299 e. The third-order valence-corrected chi connectivity index (χ3v) is 5.26. The number of hydrogen-bond acceptors (Lipinski definition) is 6. The Morgan fingerprint density at radius 3 is 2.21 bits per heavy atom. The van der Waals surface area contributed by atoms with E-state index in [9.17, 15) is 14.4 Å². The van der Waals surface area contributed by atoms with E-state index in [1.165, 1.54) is 16.9 Å². The summed E-state index contributed by atoms with van der Waals surface area (Å²) in [7, 11) is 0. The standard InChI is InChI=1S/C20H16N4O3S/c25-16(12-24-18(26)14-8-4-5-9-15(14)19(24)27)21-20-23-22-17(28-20)11-10-13-6-2-1-3-7-13/h1-9H,10-12H2,(H,21,23,25). The number of carbonyl (C=O) groups excluding carboxylic acids is 3. The highest BCUT2D eigenvalue weighted by atomic mass is 32.1. The van der Waals surface area contributed by atoms with Crippen molar-refractivity contribution >= 4 is 34.2 Å². The molecule has 0 radical (unpaired) electrons. The topological polar surface area (TPSA) is 92.3 Å². The van der Waals surface area contributed by atoms with Crippen molar-refractivity contribution in [3.8, 4) is 0 Å². The highest BCUT2D eigenvalue weighted by Gasteiger charge is 2.36. The van der Waals surface area contributed by atoms with E-state index in [1.54, 1.807) is 24.3 Å². The molecule has 140 valence electrons. The summed E-state index contributed by atoms with van der Waals surface area (Å²) in [5.41, 5.74) is 1.84. The number of nitrogens with one attached hydrogen (secondary N) is 1. The lowest BCUT2D eigenvalue weighted by Gasteiger charge is -2.12. The van der Waals surface area contributed by atoms with Crippen LogP contribution < -0.4 is 5.32 Å². The van der Waals surface area contributed by atoms with Gasteiger partial charge < -0.3 is 0 Å². The number of fused-ring (bicyclic) bond motifs is 1. The van der Waals surface area contributed by atoms with Crippen molar-refractivity contribution in [1.29, 1.82) is 0 Å². The minimum atomic E-state index is -0.486. The molecule has 3 amide bonds. The van der Waals surface area contributed by atoms with Gasteiger partial charge in [0.25, 0.3) is 11.8 Å². The van der Waals surface area contributed by atoms with Gasteiger partial charge in [0.2, 0.25) is 11.0 Å². The Bertz CT molecular complexity index is 1010. The van der Waals surface area contributed by atoms with Crippen LogP contribution in [-0.4, -0.2) is 39.4 Å². The molecule has 4 rings (SSSR count). The van der Waals surface area contributed by atoms with Gasteiger partial charge >= 0.3 is 0 Å². The van der Waals surface area contributed by atoms with Crippen LogP contribution in [0.5, 0.6) is 0 Å². The van der Waals surface area contributed by atoms with Crippen molar-refractivity contribution in [3.63, 3.8) is 0 Å². The molecule has 28 heavy (non-hydrogen) atoms. The second-order valence-electron chi connectivity index (χ2n) is 6.28. The Hall–Kier alpha value is -3.39. The number of nitrogens with zero attached hydrogens (tertiary/aromatic N) is 3. The molecule has 0 bridgehead atoms. The van der Waals surface area contributed by atoms with Gasteiger partial charge in [0, 0.05) is 6.42 Å². The summed E-state index contributed by atoms with van der Waals surface area (Å²) in [6.45, 7) is -0.356. The molecular formula is C20H16N4O3S. The highest BCUT2D eigenvalue weighted by molar-refractivity contribution is 7.15.